The van der Waals surface area contributed by atoms with E-state index in [9.17, 15) is 5.11 Å². The molecule has 1 aromatic carbocycles. The minimum absolute atomic E-state index is 0.136. The molecule has 1 aromatic heterocycles. The van der Waals surface area contributed by atoms with E-state index in [0.29, 0.717) is 0 Å². The third kappa shape index (κ3) is 4.09. The molecule has 2 aromatic rings. The van der Waals surface area contributed by atoms with Crippen molar-refractivity contribution in [2.75, 3.05) is 6.61 Å². The second-order valence-corrected chi connectivity index (χ2v) is 6.54. The van der Waals surface area contributed by atoms with Crippen LogP contribution in [0.5, 0.6) is 0 Å². The van der Waals surface area contributed by atoms with Crippen LogP contribution in [0.2, 0.25) is 5.02 Å². The average Bonchev–Trinajstić information content (AvgIpc) is 2.74. The van der Waals surface area contributed by atoms with Crippen molar-refractivity contribution in [3.8, 4) is 0 Å². The van der Waals surface area contributed by atoms with Crippen LogP contribution in [0.15, 0.2) is 28.7 Å². The molecular formula is C16H20BrClN2O. The van der Waals surface area contributed by atoms with Gasteiger partial charge in [0.15, 0.2) is 0 Å². The van der Waals surface area contributed by atoms with Crippen molar-refractivity contribution in [1.29, 1.82) is 0 Å². The number of hydrogen-bond donors (Lipinski definition) is 1. The van der Waals surface area contributed by atoms with E-state index < -0.39 is 0 Å². The van der Waals surface area contributed by atoms with Crippen LogP contribution in [0.1, 0.15) is 23.9 Å². The quantitative estimate of drug-likeness (QED) is 0.833. The predicted molar refractivity (Wildman–Crippen MR) is 89.8 cm³/mol. The number of rotatable bonds is 6. The number of hydrogen-bond acceptors (Lipinski definition) is 2. The molecule has 3 nitrogen and oxygen atoms in total. The summed E-state index contributed by atoms with van der Waals surface area (Å²) in [4.78, 5) is 0. The Morgan fingerprint density at radius 1 is 1.38 bits per heavy atom. The summed E-state index contributed by atoms with van der Waals surface area (Å²) in [5.41, 5.74) is 3.08. The van der Waals surface area contributed by atoms with Gasteiger partial charge in [-0.05, 0) is 50.3 Å². The molecule has 0 aliphatic carbocycles. The maximum absolute atomic E-state index is 9.69. The number of aliphatic hydroxyl groups excluding tert-OH is 1. The van der Waals surface area contributed by atoms with Crippen LogP contribution in [0.25, 0.3) is 0 Å². The van der Waals surface area contributed by atoms with Crippen molar-refractivity contribution in [3.05, 3.63) is 50.7 Å². The Hall–Kier alpha value is -0.840. The summed E-state index contributed by atoms with van der Waals surface area (Å²) in [6.45, 7) is 4.89. The van der Waals surface area contributed by atoms with Gasteiger partial charge in [-0.1, -0.05) is 39.7 Å². The smallest absolute Gasteiger partial charge is 0.0847 e. The zero-order valence-corrected chi connectivity index (χ0v) is 14.7. The predicted octanol–water partition coefficient (Wildman–Crippen LogP) is 4.02. The normalized spacial score (nSPS) is 12.6. The van der Waals surface area contributed by atoms with E-state index >= 15 is 0 Å². The molecule has 0 saturated carbocycles. The SMILES string of the molecule is CCn1nc(C)c(Cl)c1CC(CO)Cc1cccc(Br)c1. The molecule has 0 spiro atoms. The summed E-state index contributed by atoms with van der Waals surface area (Å²) in [6, 6.07) is 8.19. The van der Waals surface area contributed by atoms with Gasteiger partial charge in [-0.25, -0.2) is 0 Å². The highest BCUT2D eigenvalue weighted by atomic mass is 79.9. The van der Waals surface area contributed by atoms with Gasteiger partial charge >= 0.3 is 0 Å². The van der Waals surface area contributed by atoms with E-state index in [1.165, 1.54) is 5.56 Å². The molecule has 0 aliphatic rings. The number of benzene rings is 1. The van der Waals surface area contributed by atoms with Crippen LogP contribution in [0.3, 0.4) is 0 Å². The molecule has 1 unspecified atom stereocenters. The number of nitrogens with zero attached hydrogens (tertiary/aromatic N) is 2. The lowest BCUT2D eigenvalue weighted by Gasteiger charge is -2.15. The van der Waals surface area contributed by atoms with Crippen LogP contribution in [0, 0.1) is 12.8 Å². The number of halogens is 2. The van der Waals surface area contributed by atoms with Crippen molar-refractivity contribution >= 4 is 27.5 Å². The number of aliphatic hydroxyl groups is 1. The zero-order valence-electron chi connectivity index (χ0n) is 12.3. The Kier molecular flexibility index (Phi) is 5.85. The van der Waals surface area contributed by atoms with Crippen molar-refractivity contribution in [2.24, 2.45) is 5.92 Å². The van der Waals surface area contributed by atoms with Gasteiger partial charge in [-0.3, -0.25) is 4.68 Å². The van der Waals surface area contributed by atoms with E-state index in [2.05, 4.69) is 40.1 Å². The summed E-state index contributed by atoms with van der Waals surface area (Å²) in [7, 11) is 0. The van der Waals surface area contributed by atoms with Crippen molar-refractivity contribution in [2.45, 2.75) is 33.2 Å². The largest absolute Gasteiger partial charge is 0.396 e. The van der Waals surface area contributed by atoms with Gasteiger partial charge in [-0.2, -0.15) is 5.10 Å². The van der Waals surface area contributed by atoms with Crippen molar-refractivity contribution < 1.29 is 5.11 Å². The second kappa shape index (κ2) is 7.43. The Morgan fingerprint density at radius 3 is 2.76 bits per heavy atom. The van der Waals surface area contributed by atoms with Gasteiger partial charge in [0.25, 0.3) is 0 Å². The van der Waals surface area contributed by atoms with Gasteiger partial charge in [0.2, 0.25) is 0 Å². The molecule has 5 heteroatoms. The Morgan fingerprint density at radius 2 is 2.14 bits per heavy atom. The molecule has 0 fully saturated rings. The van der Waals surface area contributed by atoms with E-state index in [1.807, 2.05) is 23.7 Å². The summed E-state index contributed by atoms with van der Waals surface area (Å²) >= 11 is 9.83. The Balaban J connectivity index is 2.16. The summed E-state index contributed by atoms with van der Waals surface area (Å²) < 4.78 is 2.99. The zero-order chi connectivity index (χ0) is 15.4. The molecule has 21 heavy (non-hydrogen) atoms. The monoisotopic (exact) mass is 370 g/mol. The topological polar surface area (TPSA) is 38.0 Å². The van der Waals surface area contributed by atoms with Crippen LogP contribution in [-0.2, 0) is 19.4 Å². The number of aryl methyl sites for hydroxylation is 2. The first kappa shape index (κ1) is 16.5. The molecular weight excluding hydrogens is 352 g/mol. The highest BCUT2D eigenvalue weighted by Gasteiger charge is 2.18. The van der Waals surface area contributed by atoms with E-state index in [4.69, 9.17) is 11.6 Å². The fraction of sp³-hybridized carbons (Fsp3) is 0.438. The standard InChI is InChI=1S/C16H20BrClN2O/c1-3-20-15(16(18)11(2)19-20)9-13(10-21)7-12-5-4-6-14(17)8-12/h4-6,8,13,21H,3,7,9-10H2,1-2H3. The fourth-order valence-corrected chi connectivity index (χ4v) is 3.20. The maximum Gasteiger partial charge on any atom is 0.0847 e. The molecule has 114 valence electrons. The molecule has 0 saturated heterocycles. The van der Waals surface area contributed by atoms with Crippen LogP contribution in [-0.4, -0.2) is 21.5 Å². The van der Waals surface area contributed by atoms with Crippen molar-refractivity contribution in [3.63, 3.8) is 0 Å². The molecule has 2 rings (SSSR count). The first-order valence-electron chi connectivity index (χ1n) is 7.12. The lowest BCUT2D eigenvalue weighted by molar-refractivity contribution is 0.223. The van der Waals surface area contributed by atoms with E-state index in [-0.39, 0.29) is 12.5 Å². The molecule has 0 radical (unpaired) electrons. The first-order chi connectivity index (χ1) is 10.0. The fourth-order valence-electron chi connectivity index (χ4n) is 2.54. The van der Waals surface area contributed by atoms with Crippen LogP contribution >= 0.6 is 27.5 Å². The lowest BCUT2D eigenvalue weighted by atomic mass is 9.95. The minimum atomic E-state index is 0.136. The van der Waals surface area contributed by atoms with E-state index in [1.54, 1.807) is 0 Å². The van der Waals surface area contributed by atoms with Gasteiger partial charge in [0, 0.05) is 17.6 Å². The summed E-state index contributed by atoms with van der Waals surface area (Å²) in [5, 5.41) is 14.9. The molecule has 1 heterocycles. The minimum Gasteiger partial charge on any atom is -0.396 e. The molecule has 0 aliphatic heterocycles. The van der Waals surface area contributed by atoms with E-state index in [0.717, 1.165) is 40.3 Å². The third-order valence-electron chi connectivity index (χ3n) is 3.61. The first-order valence-corrected chi connectivity index (χ1v) is 8.29. The molecule has 0 amide bonds. The highest BCUT2D eigenvalue weighted by Crippen LogP contribution is 2.25. The van der Waals surface area contributed by atoms with Crippen molar-refractivity contribution in [1.82, 2.24) is 9.78 Å². The second-order valence-electron chi connectivity index (χ2n) is 5.25. The highest BCUT2D eigenvalue weighted by molar-refractivity contribution is 9.10. The van der Waals surface area contributed by atoms with Gasteiger partial charge in [0.1, 0.15) is 0 Å². The third-order valence-corrected chi connectivity index (χ3v) is 4.59. The van der Waals surface area contributed by atoms with Crippen LogP contribution in [0.4, 0.5) is 0 Å². The molecule has 1 atom stereocenters. The summed E-state index contributed by atoms with van der Waals surface area (Å²) in [5.74, 6) is 0.137. The van der Waals surface area contributed by atoms with Gasteiger partial charge in [0.05, 0.1) is 16.4 Å². The average molecular weight is 372 g/mol. The van der Waals surface area contributed by atoms with Crippen LogP contribution < -0.4 is 0 Å². The number of aromatic nitrogens is 2. The lowest BCUT2D eigenvalue weighted by Crippen LogP contribution is -2.16. The Labute approximate surface area is 139 Å². The molecule has 0 bridgehead atoms. The maximum atomic E-state index is 9.69. The van der Waals surface area contributed by atoms with Gasteiger partial charge < -0.3 is 5.11 Å². The molecule has 1 N–H and O–H groups in total. The van der Waals surface area contributed by atoms with Gasteiger partial charge in [-0.15, -0.1) is 0 Å². The summed E-state index contributed by atoms with van der Waals surface area (Å²) in [6.07, 6.45) is 1.55. The Bertz CT molecular complexity index is 612.